The van der Waals surface area contributed by atoms with Crippen LogP contribution in [0.2, 0.25) is 0 Å². The molecule has 10 heteroatoms. The minimum absolute atomic E-state index is 0.287. The number of aliphatic imine (C=N–C) groups is 1. The highest BCUT2D eigenvalue weighted by Gasteiger charge is 2.11. The zero-order valence-electron chi connectivity index (χ0n) is 19.6. The molecule has 0 aliphatic carbocycles. The number of nitrogens with one attached hydrogen (secondary N) is 1. The van der Waals surface area contributed by atoms with Crippen LogP contribution in [0.15, 0.2) is 64.0 Å². The van der Waals surface area contributed by atoms with E-state index in [1.54, 1.807) is 44.0 Å². The van der Waals surface area contributed by atoms with Gasteiger partial charge in [-0.2, -0.15) is 0 Å². The van der Waals surface area contributed by atoms with Gasteiger partial charge in [-0.15, -0.1) is 6.42 Å². The van der Waals surface area contributed by atoms with E-state index in [4.69, 9.17) is 15.9 Å². The van der Waals surface area contributed by atoms with Gasteiger partial charge in [0.1, 0.15) is 11.6 Å². The normalized spacial score (nSPS) is 11.1. The Morgan fingerprint density at radius 3 is 2.51 bits per heavy atom. The van der Waals surface area contributed by atoms with E-state index in [1.165, 1.54) is 11.8 Å². The Hall–Kier alpha value is -3.39. The maximum absolute atomic E-state index is 12.5. The van der Waals surface area contributed by atoms with Crippen molar-refractivity contribution in [3.05, 3.63) is 71.3 Å². The van der Waals surface area contributed by atoms with Crippen molar-refractivity contribution >= 4 is 34.6 Å². The SMILES string of the molecule is C#CSC(=NCc1c(C)cc(Sc2cnc(OCCOC)cn2)cc1C)NC(=O)c1ccncc1. The summed E-state index contributed by atoms with van der Waals surface area (Å²) in [4.78, 5) is 30.7. The molecule has 1 aromatic carbocycles. The van der Waals surface area contributed by atoms with Crippen molar-refractivity contribution in [2.45, 2.75) is 30.3 Å². The second-order valence-corrected chi connectivity index (χ2v) is 9.12. The molecule has 0 saturated heterocycles. The number of carbonyl (C=O) groups excluding carboxylic acids is 1. The summed E-state index contributed by atoms with van der Waals surface area (Å²) in [6.07, 6.45) is 11.9. The van der Waals surface area contributed by atoms with Crippen molar-refractivity contribution in [2.75, 3.05) is 20.3 Å². The minimum atomic E-state index is -0.287. The monoisotopic (exact) mass is 507 g/mol. The largest absolute Gasteiger partial charge is 0.474 e. The quantitative estimate of drug-likeness (QED) is 0.198. The van der Waals surface area contributed by atoms with Gasteiger partial charge in [0, 0.05) is 30.0 Å². The van der Waals surface area contributed by atoms with Gasteiger partial charge in [-0.1, -0.05) is 11.8 Å². The second kappa shape index (κ2) is 13.5. The first kappa shape index (κ1) is 26.2. The predicted molar refractivity (Wildman–Crippen MR) is 139 cm³/mol. The Bertz CT molecular complexity index is 1190. The number of aryl methyl sites for hydroxylation is 2. The zero-order chi connectivity index (χ0) is 25.0. The number of hydrogen-bond donors (Lipinski definition) is 1. The highest BCUT2D eigenvalue weighted by molar-refractivity contribution is 8.17. The average Bonchev–Trinajstić information content (AvgIpc) is 2.85. The summed E-state index contributed by atoms with van der Waals surface area (Å²) >= 11 is 2.55. The van der Waals surface area contributed by atoms with E-state index in [0.717, 1.165) is 38.4 Å². The number of ether oxygens (including phenoxy) is 2. The van der Waals surface area contributed by atoms with Crippen LogP contribution in [-0.4, -0.2) is 46.4 Å². The van der Waals surface area contributed by atoms with Gasteiger partial charge in [-0.3, -0.25) is 14.8 Å². The number of terminal acetylenes is 1. The maximum atomic E-state index is 12.5. The molecule has 0 aliphatic rings. The van der Waals surface area contributed by atoms with E-state index < -0.39 is 0 Å². The topological polar surface area (TPSA) is 98.6 Å². The first-order valence-electron chi connectivity index (χ1n) is 10.6. The lowest BCUT2D eigenvalue weighted by atomic mass is 10.0. The summed E-state index contributed by atoms with van der Waals surface area (Å²) in [7, 11) is 1.62. The molecule has 0 bridgehead atoms. The Labute approximate surface area is 213 Å². The van der Waals surface area contributed by atoms with E-state index in [-0.39, 0.29) is 5.91 Å². The molecule has 0 radical (unpaired) electrons. The van der Waals surface area contributed by atoms with Crippen molar-refractivity contribution in [3.63, 3.8) is 0 Å². The number of benzene rings is 1. The molecule has 1 N–H and O–H groups in total. The summed E-state index contributed by atoms with van der Waals surface area (Å²) in [6.45, 7) is 5.37. The Morgan fingerprint density at radius 2 is 1.89 bits per heavy atom. The van der Waals surface area contributed by atoms with E-state index in [2.05, 4.69) is 42.6 Å². The third-order valence-electron chi connectivity index (χ3n) is 4.73. The number of rotatable bonds is 9. The fraction of sp³-hybridized carbons (Fsp3) is 0.240. The fourth-order valence-electron chi connectivity index (χ4n) is 3.02. The number of pyridine rings is 1. The first-order valence-corrected chi connectivity index (χ1v) is 12.2. The van der Waals surface area contributed by atoms with Crippen molar-refractivity contribution in [1.82, 2.24) is 20.3 Å². The lowest BCUT2D eigenvalue weighted by Gasteiger charge is -2.12. The lowest BCUT2D eigenvalue weighted by molar-refractivity contribution is 0.0977. The summed E-state index contributed by atoms with van der Waals surface area (Å²) in [5, 5.41) is 6.38. The number of aromatic nitrogens is 3. The molecular formula is C25H25N5O3S2. The number of amides is 1. The van der Waals surface area contributed by atoms with Gasteiger partial charge in [0.15, 0.2) is 5.17 Å². The molecule has 1 amide bonds. The summed E-state index contributed by atoms with van der Waals surface area (Å²) in [5.74, 6) is 0.175. The van der Waals surface area contributed by atoms with Crippen molar-refractivity contribution in [1.29, 1.82) is 0 Å². The third-order valence-corrected chi connectivity index (χ3v) is 6.17. The van der Waals surface area contributed by atoms with Gasteiger partial charge in [0.25, 0.3) is 5.91 Å². The summed E-state index contributed by atoms with van der Waals surface area (Å²) in [5.41, 5.74) is 3.70. The standard InChI is InChI=1S/C25H25N5O3S2/c1-5-34-25(30-24(31)19-6-8-26-9-7-19)29-14-21-17(2)12-20(13-18(21)3)35-23-16-27-22(15-28-23)33-11-10-32-4/h1,6-9,12-13,15-16H,10-11,14H2,2-4H3,(H,29,30,31). The molecule has 0 unspecified atom stereocenters. The Balaban J connectivity index is 1.67. The third kappa shape index (κ3) is 8.10. The van der Waals surface area contributed by atoms with E-state index >= 15 is 0 Å². The van der Waals surface area contributed by atoms with Crippen LogP contribution in [0.25, 0.3) is 0 Å². The van der Waals surface area contributed by atoms with Crippen LogP contribution in [0.4, 0.5) is 0 Å². The van der Waals surface area contributed by atoms with Crippen LogP contribution in [0.5, 0.6) is 5.88 Å². The van der Waals surface area contributed by atoms with Crippen LogP contribution in [0.1, 0.15) is 27.0 Å². The molecule has 0 atom stereocenters. The van der Waals surface area contributed by atoms with Gasteiger partial charge >= 0.3 is 0 Å². The van der Waals surface area contributed by atoms with Crippen molar-refractivity contribution in [2.24, 2.45) is 4.99 Å². The number of amidine groups is 1. The molecule has 35 heavy (non-hydrogen) atoms. The molecule has 2 aromatic heterocycles. The maximum Gasteiger partial charge on any atom is 0.257 e. The summed E-state index contributed by atoms with van der Waals surface area (Å²) in [6, 6.07) is 7.42. The smallest absolute Gasteiger partial charge is 0.257 e. The molecule has 8 nitrogen and oxygen atoms in total. The number of hydrogen-bond acceptors (Lipinski definition) is 9. The Morgan fingerprint density at radius 1 is 1.14 bits per heavy atom. The molecule has 2 heterocycles. The van der Waals surface area contributed by atoms with E-state index in [1.807, 2.05) is 13.8 Å². The molecule has 180 valence electrons. The van der Waals surface area contributed by atoms with Crippen LogP contribution >= 0.6 is 23.5 Å². The molecule has 0 fully saturated rings. The molecule has 3 rings (SSSR count). The second-order valence-electron chi connectivity index (χ2n) is 7.20. The Kier molecular flexibility index (Phi) is 10.1. The molecule has 0 spiro atoms. The highest BCUT2D eigenvalue weighted by Crippen LogP contribution is 2.30. The van der Waals surface area contributed by atoms with Crippen molar-refractivity contribution in [3.8, 4) is 17.6 Å². The number of carbonyl (C=O) groups is 1. The molecular weight excluding hydrogens is 482 g/mol. The lowest BCUT2D eigenvalue weighted by Crippen LogP contribution is -2.28. The summed E-state index contributed by atoms with van der Waals surface area (Å²) < 4.78 is 10.4. The molecule has 3 aromatic rings. The predicted octanol–water partition coefficient (Wildman–Crippen LogP) is 4.27. The van der Waals surface area contributed by atoms with Crippen LogP contribution in [-0.2, 0) is 11.3 Å². The van der Waals surface area contributed by atoms with Gasteiger partial charge < -0.3 is 14.8 Å². The van der Waals surface area contributed by atoms with Crippen LogP contribution < -0.4 is 10.1 Å². The molecule has 0 aliphatic heterocycles. The van der Waals surface area contributed by atoms with Crippen molar-refractivity contribution < 1.29 is 14.3 Å². The molecule has 0 saturated carbocycles. The number of methoxy groups -OCH3 is 1. The van der Waals surface area contributed by atoms with Gasteiger partial charge in [0.05, 0.1) is 25.5 Å². The highest BCUT2D eigenvalue weighted by atomic mass is 32.2. The zero-order valence-corrected chi connectivity index (χ0v) is 21.3. The number of thioether (sulfide) groups is 1. The van der Waals surface area contributed by atoms with Gasteiger partial charge in [-0.25, -0.2) is 9.97 Å². The number of nitrogens with zero attached hydrogens (tertiary/aromatic N) is 4. The fourth-order valence-corrected chi connectivity index (χ4v) is 4.33. The minimum Gasteiger partial charge on any atom is -0.474 e. The van der Waals surface area contributed by atoms with E-state index in [0.29, 0.717) is 36.4 Å². The van der Waals surface area contributed by atoms with Crippen LogP contribution in [0, 0.1) is 25.5 Å². The average molecular weight is 508 g/mol. The first-order chi connectivity index (χ1) is 17.0. The van der Waals surface area contributed by atoms with Crippen LogP contribution in [0.3, 0.4) is 0 Å². The van der Waals surface area contributed by atoms with Gasteiger partial charge in [-0.05, 0) is 71.8 Å². The van der Waals surface area contributed by atoms with E-state index in [9.17, 15) is 4.79 Å². The van der Waals surface area contributed by atoms with Gasteiger partial charge in [0.2, 0.25) is 5.88 Å².